The van der Waals surface area contributed by atoms with Gasteiger partial charge in [-0.3, -0.25) is 4.79 Å². The molecule has 1 aromatic carbocycles. The minimum Gasteiger partial charge on any atom is -0.387 e. The molecule has 6 N–H and O–H groups in total. The number of fused-ring (bicyclic) bond motifs is 5. The molecule has 39 heavy (non-hydrogen) atoms. The number of aryl methyl sites for hydroxylation is 1. The molecule has 12 nitrogen and oxygen atoms in total. The maximum absolute atomic E-state index is 12.7. The van der Waals surface area contributed by atoms with E-state index < -0.39 is 15.6 Å². The standard InChI is InChI=1S/C26H33N9O3S/c27-26-10-7-17-14-18(24(36)31-12-13-39(37,38)35-34-29)3-4-20(17)22(26)8-9-25(16-32-33-28)21(5-6-23(25)26)19-2-1-11-30-15-19/h1-5,11,14,22-23,30H,6-10,12-13,15-16,27H2,(H2,29,35)(H,31,36)/t22?,23?,25-,26-/m0/s1. The largest absolute Gasteiger partial charge is 0.387 e. The first-order valence-electron chi connectivity index (χ1n) is 13.1. The van der Waals surface area contributed by atoms with E-state index in [0.29, 0.717) is 12.1 Å². The molecule has 1 heterocycles. The van der Waals surface area contributed by atoms with Crippen LogP contribution in [0, 0.1) is 11.3 Å². The predicted octanol–water partition coefficient (Wildman–Crippen LogP) is 2.88. The molecule has 0 saturated heterocycles. The van der Waals surface area contributed by atoms with Crippen LogP contribution in [0.15, 0.2) is 68.6 Å². The molecule has 206 valence electrons. The highest BCUT2D eigenvalue weighted by Crippen LogP contribution is 2.63. The smallest absolute Gasteiger partial charge is 0.273 e. The Hall–Kier alpha value is -3.67. The van der Waals surface area contributed by atoms with Crippen LogP contribution in [-0.4, -0.2) is 45.3 Å². The lowest BCUT2D eigenvalue weighted by atomic mass is 9.49. The highest BCUT2D eigenvalue weighted by Gasteiger charge is 2.60. The van der Waals surface area contributed by atoms with Crippen molar-refractivity contribution in [2.75, 3.05) is 25.4 Å². The number of azide groups is 1. The Labute approximate surface area is 227 Å². The Morgan fingerprint density at radius 1 is 1.31 bits per heavy atom. The normalized spacial score (nSPS) is 29.3. The van der Waals surface area contributed by atoms with Crippen molar-refractivity contribution in [1.82, 2.24) is 10.6 Å². The van der Waals surface area contributed by atoms with Crippen molar-refractivity contribution in [1.29, 1.82) is 0 Å². The van der Waals surface area contributed by atoms with Crippen LogP contribution in [0.1, 0.15) is 53.1 Å². The summed E-state index contributed by atoms with van der Waals surface area (Å²) in [6, 6.07) is 5.67. The van der Waals surface area contributed by atoms with Crippen molar-refractivity contribution in [2.45, 2.75) is 43.6 Å². The van der Waals surface area contributed by atoms with E-state index >= 15 is 0 Å². The number of hydrogen-bond acceptors (Lipinski definition) is 7. The molecule has 5 rings (SSSR count). The summed E-state index contributed by atoms with van der Waals surface area (Å²) in [6.07, 6.45) is 12.4. The average molecular weight is 552 g/mol. The molecule has 3 aliphatic carbocycles. The van der Waals surface area contributed by atoms with Gasteiger partial charge in [-0.1, -0.05) is 28.6 Å². The molecule has 0 radical (unpaired) electrons. The third kappa shape index (κ3) is 4.81. The maximum atomic E-state index is 12.7. The molecule has 1 aromatic rings. The Balaban J connectivity index is 1.37. The quantitative estimate of drug-likeness (QED) is 0.126. The zero-order valence-corrected chi connectivity index (χ0v) is 22.4. The van der Waals surface area contributed by atoms with Crippen LogP contribution < -0.4 is 22.2 Å². The van der Waals surface area contributed by atoms with Crippen LogP contribution in [0.3, 0.4) is 0 Å². The van der Waals surface area contributed by atoms with Gasteiger partial charge in [0.25, 0.3) is 15.9 Å². The van der Waals surface area contributed by atoms with Gasteiger partial charge >= 0.3 is 0 Å². The lowest BCUT2D eigenvalue weighted by Gasteiger charge is -2.57. The number of nitrogens with one attached hydrogen (secondary N) is 2. The van der Waals surface area contributed by atoms with E-state index in [-0.39, 0.29) is 35.5 Å². The summed E-state index contributed by atoms with van der Waals surface area (Å²) in [4.78, 5) is 15.8. The Morgan fingerprint density at radius 2 is 2.15 bits per heavy atom. The number of carbonyl (C=O) groups is 1. The number of benzene rings is 1. The molecule has 1 fully saturated rings. The number of sulfonamides is 1. The third-order valence-electron chi connectivity index (χ3n) is 8.93. The Morgan fingerprint density at radius 3 is 2.90 bits per heavy atom. The molecule has 0 bridgehead atoms. The Kier molecular flexibility index (Phi) is 7.23. The summed E-state index contributed by atoms with van der Waals surface area (Å²) in [7, 11) is -3.81. The fraction of sp³-hybridized carbons (Fsp3) is 0.500. The molecule has 1 saturated carbocycles. The molecular weight excluding hydrogens is 518 g/mol. The van der Waals surface area contributed by atoms with Crippen molar-refractivity contribution in [2.24, 2.45) is 37.8 Å². The van der Waals surface area contributed by atoms with Crippen molar-refractivity contribution >= 4 is 15.9 Å². The molecule has 2 unspecified atom stereocenters. The van der Waals surface area contributed by atoms with Crippen molar-refractivity contribution < 1.29 is 13.2 Å². The van der Waals surface area contributed by atoms with Gasteiger partial charge in [0.2, 0.25) is 0 Å². The van der Waals surface area contributed by atoms with Gasteiger partial charge in [0.1, 0.15) is 0 Å². The first-order chi connectivity index (χ1) is 18.7. The number of carbonyl (C=O) groups excluding carboxylic acids is 1. The van der Waals surface area contributed by atoms with Crippen LogP contribution in [0.4, 0.5) is 0 Å². The fourth-order valence-electron chi connectivity index (χ4n) is 7.29. The summed E-state index contributed by atoms with van der Waals surface area (Å²) >= 11 is 0. The van der Waals surface area contributed by atoms with E-state index in [2.05, 4.69) is 42.6 Å². The maximum Gasteiger partial charge on any atom is 0.273 e. The van der Waals surface area contributed by atoms with Gasteiger partial charge in [0.05, 0.1) is 5.75 Å². The number of rotatable bonds is 8. The SMILES string of the molecule is [N-]=[N+]=NC[C@]12CCC3c4ccc(C(=O)NCCS(=O)(=O)N=NN)cc4CC[C@@]3(N)C1CC=C2C1=CC=CNC1. The first-order valence-corrected chi connectivity index (χ1v) is 14.7. The van der Waals surface area contributed by atoms with Gasteiger partial charge in [-0.25, -0.2) is 8.42 Å². The van der Waals surface area contributed by atoms with Gasteiger partial charge in [-0.05, 0) is 94.8 Å². The average Bonchev–Trinajstić information content (AvgIpc) is 3.32. The highest BCUT2D eigenvalue weighted by atomic mass is 32.2. The molecule has 13 heteroatoms. The first kappa shape index (κ1) is 26.9. The van der Waals surface area contributed by atoms with E-state index in [1.807, 2.05) is 24.4 Å². The fourth-order valence-corrected chi connectivity index (χ4v) is 7.88. The number of nitrogens with zero attached hydrogens (tertiary/aromatic N) is 5. The van der Waals surface area contributed by atoms with E-state index in [1.165, 1.54) is 16.7 Å². The lowest BCUT2D eigenvalue weighted by molar-refractivity contribution is 0.0415. The van der Waals surface area contributed by atoms with Gasteiger partial charge < -0.3 is 22.2 Å². The highest BCUT2D eigenvalue weighted by molar-refractivity contribution is 7.89. The van der Waals surface area contributed by atoms with Crippen molar-refractivity contribution in [3.8, 4) is 0 Å². The van der Waals surface area contributed by atoms with Crippen LogP contribution >= 0.6 is 0 Å². The Bertz CT molecular complexity index is 1440. The van der Waals surface area contributed by atoms with Gasteiger partial charge in [0, 0.05) is 47.0 Å². The van der Waals surface area contributed by atoms with Crippen LogP contribution in [-0.2, 0) is 16.4 Å². The minimum atomic E-state index is -3.81. The number of nitrogens with two attached hydrogens (primary N) is 2. The topological polar surface area (TPSA) is 201 Å². The summed E-state index contributed by atoms with van der Waals surface area (Å²) in [6.45, 7) is 1.03. The zero-order chi connectivity index (χ0) is 27.7. The predicted molar refractivity (Wildman–Crippen MR) is 147 cm³/mol. The summed E-state index contributed by atoms with van der Waals surface area (Å²) < 4.78 is 26.2. The molecule has 1 amide bonds. The van der Waals surface area contributed by atoms with Gasteiger partial charge in [-0.2, -0.15) is 0 Å². The van der Waals surface area contributed by atoms with Gasteiger partial charge in [0.15, 0.2) is 0 Å². The van der Waals surface area contributed by atoms with Crippen LogP contribution in [0.25, 0.3) is 10.4 Å². The number of dihydropyridines is 1. The van der Waals surface area contributed by atoms with Crippen molar-refractivity contribution in [3.63, 3.8) is 0 Å². The second-order valence-corrected chi connectivity index (χ2v) is 12.5. The monoisotopic (exact) mass is 551 g/mol. The molecule has 0 aromatic heterocycles. The zero-order valence-electron chi connectivity index (χ0n) is 21.6. The molecular formula is C26H33N9O3S. The van der Waals surface area contributed by atoms with Crippen LogP contribution in [0.2, 0.25) is 0 Å². The number of amides is 1. The van der Waals surface area contributed by atoms with E-state index in [1.54, 1.807) is 6.07 Å². The van der Waals surface area contributed by atoms with Crippen molar-refractivity contribution in [3.05, 3.63) is 80.9 Å². The number of allylic oxidation sites excluding steroid dienone is 3. The second-order valence-electron chi connectivity index (χ2n) is 10.7. The molecule has 4 atom stereocenters. The van der Waals surface area contributed by atoms with E-state index in [4.69, 9.17) is 11.6 Å². The molecule has 0 spiro atoms. The number of hydrogen-bond donors (Lipinski definition) is 4. The van der Waals surface area contributed by atoms with E-state index in [0.717, 1.165) is 44.2 Å². The second kappa shape index (κ2) is 10.5. The van der Waals surface area contributed by atoms with Gasteiger partial charge in [-0.15, -0.1) is 0 Å². The minimum absolute atomic E-state index is 0.0994. The third-order valence-corrected chi connectivity index (χ3v) is 9.99. The van der Waals surface area contributed by atoms with Crippen LogP contribution in [0.5, 0.6) is 0 Å². The van der Waals surface area contributed by atoms with E-state index in [9.17, 15) is 18.7 Å². The summed E-state index contributed by atoms with van der Waals surface area (Å²) in [5, 5.41) is 12.8. The summed E-state index contributed by atoms with van der Waals surface area (Å²) in [5.41, 5.74) is 21.0. The summed E-state index contributed by atoms with van der Waals surface area (Å²) in [5.74, 6) is 4.33. The molecule has 4 aliphatic rings. The molecule has 1 aliphatic heterocycles. The lowest BCUT2D eigenvalue weighted by Crippen LogP contribution is -2.62.